The van der Waals surface area contributed by atoms with Gasteiger partial charge in [-0.3, -0.25) is 5.32 Å². The highest BCUT2D eigenvalue weighted by Gasteiger charge is 2.17. The van der Waals surface area contributed by atoms with Gasteiger partial charge in [0.2, 0.25) is 0 Å². The maximum Gasteiger partial charge on any atom is 0.412 e. The molecule has 0 saturated carbocycles. The summed E-state index contributed by atoms with van der Waals surface area (Å²) in [6.07, 6.45) is -0.138. The number of carbonyl (C=O) groups excluding carboxylic acids is 1. The zero-order valence-corrected chi connectivity index (χ0v) is 21.7. The number of nitrogens with one attached hydrogen (secondary N) is 2. The van der Waals surface area contributed by atoms with Gasteiger partial charge in [-0.1, -0.05) is 24.3 Å². The van der Waals surface area contributed by atoms with Gasteiger partial charge in [0.1, 0.15) is 5.82 Å². The molecule has 0 aliphatic carbocycles. The first-order valence-corrected chi connectivity index (χ1v) is 12.9. The first kappa shape index (κ1) is 26.4. The van der Waals surface area contributed by atoms with E-state index in [9.17, 15) is 4.79 Å². The highest BCUT2D eigenvalue weighted by Crippen LogP contribution is 2.26. The van der Waals surface area contributed by atoms with Crippen LogP contribution in [-0.4, -0.2) is 42.4 Å². The number of carbonyl (C=O) groups is 1. The van der Waals surface area contributed by atoms with Crippen LogP contribution in [0.1, 0.15) is 29.5 Å². The van der Waals surface area contributed by atoms with E-state index in [1.54, 1.807) is 6.07 Å². The van der Waals surface area contributed by atoms with Gasteiger partial charge in [-0.25, -0.2) is 14.8 Å². The second-order valence-electron chi connectivity index (χ2n) is 9.02. The molecule has 1 saturated heterocycles. The molecular formula is C29H30N6O4. The molecule has 1 fully saturated rings. The second-order valence-corrected chi connectivity index (χ2v) is 9.02. The molecule has 200 valence electrons. The number of hydrogen-bond donors (Lipinski definition) is 2. The van der Waals surface area contributed by atoms with Gasteiger partial charge in [-0.2, -0.15) is 10.2 Å². The summed E-state index contributed by atoms with van der Waals surface area (Å²) in [6.45, 7) is 4.84. The number of fused-ring (bicyclic) bond motifs is 1. The Morgan fingerprint density at radius 1 is 0.923 bits per heavy atom. The molecule has 3 heterocycles. The lowest BCUT2D eigenvalue weighted by Gasteiger charge is -2.08. The van der Waals surface area contributed by atoms with Gasteiger partial charge in [0.05, 0.1) is 31.2 Å². The zero-order chi connectivity index (χ0) is 26.9. The Morgan fingerprint density at radius 3 is 2.36 bits per heavy atom. The van der Waals surface area contributed by atoms with Crippen LogP contribution >= 0.6 is 0 Å². The number of amides is 1. The minimum atomic E-state index is -0.535. The van der Waals surface area contributed by atoms with Crippen LogP contribution in [0, 0.1) is 6.92 Å². The Hall–Kier alpha value is -4.25. The Balaban J connectivity index is 0.980. The summed E-state index contributed by atoms with van der Waals surface area (Å²) in [6, 6.07) is 23.0. The SMILES string of the molecule is Cc1ccc2ccc(NC(=O)OCCCNCc3ccc(N=Nc4ccc(C5OCCO5)cc4)cc3)nc2n1. The molecule has 2 aromatic heterocycles. The van der Waals surface area contributed by atoms with Gasteiger partial charge >= 0.3 is 6.09 Å². The number of nitrogens with zero attached hydrogens (tertiary/aromatic N) is 4. The average molecular weight is 527 g/mol. The van der Waals surface area contributed by atoms with Crippen LogP contribution in [0.2, 0.25) is 0 Å². The van der Waals surface area contributed by atoms with E-state index >= 15 is 0 Å². The normalized spacial score (nSPS) is 13.8. The lowest BCUT2D eigenvalue weighted by atomic mass is 10.2. The average Bonchev–Trinajstić information content (AvgIpc) is 3.50. The number of rotatable bonds is 10. The van der Waals surface area contributed by atoms with E-state index < -0.39 is 6.09 Å². The van der Waals surface area contributed by atoms with Crippen molar-refractivity contribution in [2.24, 2.45) is 10.2 Å². The van der Waals surface area contributed by atoms with Crippen LogP contribution in [0.15, 0.2) is 83.0 Å². The maximum absolute atomic E-state index is 12.1. The van der Waals surface area contributed by atoms with Crippen molar-refractivity contribution in [3.8, 4) is 0 Å². The number of benzene rings is 2. The second kappa shape index (κ2) is 13.0. The van der Waals surface area contributed by atoms with E-state index in [-0.39, 0.29) is 6.29 Å². The molecular weight excluding hydrogens is 496 g/mol. The Labute approximate surface area is 226 Å². The topological polar surface area (TPSA) is 119 Å². The van der Waals surface area contributed by atoms with Crippen molar-refractivity contribution in [1.29, 1.82) is 0 Å². The number of aryl methyl sites for hydroxylation is 1. The highest BCUT2D eigenvalue weighted by molar-refractivity contribution is 5.85. The van der Waals surface area contributed by atoms with E-state index in [1.165, 1.54) is 0 Å². The molecule has 0 atom stereocenters. The maximum atomic E-state index is 12.1. The molecule has 4 aromatic rings. The predicted molar refractivity (Wildman–Crippen MR) is 147 cm³/mol. The lowest BCUT2D eigenvalue weighted by molar-refractivity contribution is -0.0441. The molecule has 5 rings (SSSR count). The predicted octanol–water partition coefficient (Wildman–Crippen LogP) is 6.13. The molecule has 1 amide bonds. The van der Waals surface area contributed by atoms with Crippen LogP contribution in [0.4, 0.5) is 22.0 Å². The van der Waals surface area contributed by atoms with Crippen molar-refractivity contribution >= 4 is 34.3 Å². The summed E-state index contributed by atoms with van der Waals surface area (Å²) in [5.74, 6) is 0.411. The lowest BCUT2D eigenvalue weighted by Crippen LogP contribution is -2.19. The summed E-state index contributed by atoms with van der Waals surface area (Å²) < 4.78 is 16.3. The van der Waals surface area contributed by atoms with Gasteiger partial charge in [-0.15, -0.1) is 0 Å². The molecule has 0 bridgehead atoms. The van der Waals surface area contributed by atoms with Crippen molar-refractivity contribution in [3.05, 3.63) is 89.6 Å². The van der Waals surface area contributed by atoms with Crippen LogP contribution in [0.5, 0.6) is 0 Å². The fraction of sp³-hybridized carbons (Fsp3) is 0.276. The monoisotopic (exact) mass is 526 g/mol. The van der Waals surface area contributed by atoms with E-state index in [2.05, 4.69) is 30.8 Å². The van der Waals surface area contributed by atoms with Gasteiger partial charge in [0, 0.05) is 23.2 Å². The van der Waals surface area contributed by atoms with Crippen LogP contribution in [0.25, 0.3) is 11.0 Å². The van der Waals surface area contributed by atoms with Crippen molar-refractivity contribution in [1.82, 2.24) is 15.3 Å². The summed E-state index contributed by atoms with van der Waals surface area (Å²) in [5, 5.41) is 15.5. The number of pyridine rings is 2. The standard InChI is InChI=1S/C29H30N6O4/c1-20-3-6-22-9-14-26(32-27(22)31-20)33-29(36)39-16-2-15-30-19-21-4-10-24(11-5-21)34-35-25-12-7-23(8-13-25)28-37-17-18-38-28/h3-14,28,30H,2,15-19H2,1H3,(H,31,32,33,36). The van der Waals surface area contributed by atoms with E-state index in [0.717, 1.165) is 33.6 Å². The van der Waals surface area contributed by atoms with Gasteiger partial charge in [0.15, 0.2) is 11.9 Å². The summed E-state index contributed by atoms with van der Waals surface area (Å²) >= 11 is 0. The van der Waals surface area contributed by atoms with Crippen molar-refractivity contribution < 1.29 is 19.0 Å². The van der Waals surface area contributed by atoms with Gasteiger partial charge < -0.3 is 19.5 Å². The van der Waals surface area contributed by atoms with Gasteiger partial charge in [0.25, 0.3) is 0 Å². The molecule has 10 nitrogen and oxygen atoms in total. The zero-order valence-electron chi connectivity index (χ0n) is 21.7. The molecule has 0 radical (unpaired) electrons. The Kier molecular flexibility index (Phi) is 8.79. The van der Waals surface area contributed by atoms with Gasteiger partial charge in [-0.05, 0) is 74.0 Å². The third-order valence-corrected chi connectivity index (χ3v) is 5.99. The number of azo groups is 1. The molecule has 0 unspecified atom stereocenters. The first-order chi connectivity index (χ1) is 19.1. The first-order valence-electron chi connectivity index (χ1n) is 12.9. The minimum Gasteiger partial charge on any atom is -0.449 e. The Morgan fingerprint density at radius 2 is 1.62 bits per heavy atom. The molecule has 10 heteroatoms. The van der Waals surface area contributed by atoms with Crippen molar-refractivity contribution in [3.63, 3.8) is 0 Å². The van der Waals surface area contributed by atoms with Crippen LogP contribution in [0.3, 0.4) is 0 Å². The van der Waals surface area contributed by atoms with Crippen molar-refractivity contribution in [2.75, 3.05) is 31.7 Å². The van der Waals surface area contributed by atoms with E-state index in [1.807, 2.05) is 73.7 Å². The van der Waals surface area contributed by atoms with E-state index in [0.29, 0.717) is 50.8 Å². The number of ether oxygens (including phenoxy) is 3. The summed E-state index contributed by atoms with van der Waals surface area (Å²) in [7, 11) is 0. The molecule has 0 spiro atoms. The molecule has 2 N–H and O–H groups in total. The highest BCUT2D eigenvalue weighted by atomic mass is 16.7. The van der Waals surface area contributed by atoms with Crippen LogP contribution in [-0.2, 0) is 20.8 Å². The Bertz CT molecular complexity index is 1420. The molecule has 39 heavy (non-hydrogen) atoms. The molecule has 2 aromatic carbocycles. The summed E-state index contributed by atoms with van der Waals surface area (Å²) in [4.78, 5) is 20.8. The number of aromatic nitrogens is 2. The third kappa shape index (κ3) is 7.64. The summed E-state index contributed by atoms with van der Waals surface area (Å²) in [5.41, 5.74) is 5.09. The quantitative estimate of drug-likeness (QED) is 0.188. The largest absolute Gasteiger partial charge is 0.449 e. The number of anilines is 1. The smallest absolute Gasteiger partial charge is 0.412 e. The van der Waals surface area contributed by atoms with E-state index in [4.69, 9.17) is 14.2 Å². The fourth-order valence-electron chi connectivity index (χ4n) is 3.94. The molecule has 1 aliphatic heterocycles. The van der Waals surface area contributed by atoms with Crippen molar-refractivity contribution in [2.45, 2.75) is 26.2 Å². The number of hydrogen-bond acceptors (Lipinski definition) is 9. The van der Waals surface area contributed by atoms with Crippen LogP contribution < -0.4 is 10.6 Å². The third-order valence-electron chi connectivity index (χ3n) is 5.99. The molecule has 1 aliphatic rings. The minimum absolute atomic E-state index is 0.287. The fourth-order valence-corrected chi connectivity index (χ4v) is 3.94.